The summed E-state index contributed by atoms with van der Waals surface area (Å²) in [6.07, 6.45) is 0. The summed E-state index contributed by atoms with van der Waals surface area (Å²) in [5.41, 5.74) is 2.49. The van der Waals surface area contributed by atoms with Gasteiger partial charge in [-0.1, -0.05) is 0 Å². The fourth-order valence-electron chi connectivity index (χ4n) is 2.92. The second kappa shape index (κ2) is 8.26. The minimum Gasteiger partial charge on any atom is -0.494 e. The molecule has 0 aliphatic carbocycles. The van der Waals surface area contributed by atoms with Gasteiger partial charge in [0.25, 0.3) is 0 Å². The summed E-state index contributed by atoms with van der Waals surface area (Å²) in [6.45, 7) is 5.40. The lowest BCUT2D eigenvalue weighted by Gasteiger charge is -2.36. The van der Waals surface area contributed by atoms with Crippen LogP contribution in [0.2, 0.25) is 0 Å². The molecule has 1 aliphatic heterocycles. The Hall–Kier alpha value is -3.20. The highest BCUT2D eigenvalue weighted by atomic mass is 16.5. The SMILES string of the molecule is CCOc1ccc(NC(=O)N2CCN(c3ccc(C#N)cc3)CC2)cc1. The van der Waals surface area contributed by atoms with Gasteiger partial charge in [0.05, 0.1) is 18.2 Å². The molecule has 1 aliphatic rings. The molecule has 3 rings (SSSR count). The lowest BCUT2D eigenvalue weighted by atomic mass is 10.2. The lowest BCUT2D eigenvalue weighted by molar-refractivity contribution is 0.208. The van der Waals surface area contributed by atoms with Gasteiger partial charge in [0.1, 0.15) is 5.75 Å². The molecular weight excluding hydrogens is 328 g/mol. The van der Waals surface area contributed by atoms with E-state index in [9.17, 15) is 4.79 Å². The number of hydrogen-bond acceptors (Lipinski definition) is 4. The maximum absolute atomic E-state index is 12.4. The molecule has 0 bridgehead atoms. The second-order valence-corrected chi connectivity index (χ2v) is 6.02. The Kier molecular flexibility index (Phi) is 5.59. The van der Waals surface area contributed by atoms with Crippen LogP contribution in [0, 0.1) is 11.3 Å². The van der Waals surface area contributed by atoms with Gasteiger partial charge in [-0.2, -0.15) is 5.26 Å². The van der Waals surface area contributed by atoms with Gasteiger partial charge >= 0.3 is 6.03 Å². The van der Waals surface area contributed by atoms with Crippen LogP contribution in [0.25, 0.3) is 0 Å². The van der Waals surface area contributed by atoms with Gasteiger partial charge in [-0.25, -0.2) is 4.79 Å². The fraction of sp³-hybridized carbons (Fsp3) is 0.300. The molecule has 6 heteroatoms. The van der Waals surface area contributed by atoms with E-state index in [2.05, 4.69) is 16.3 Å². The maximum atomic E-state index is 12.4. The normalized spacial score (nSPS) is 13.8. The van der Waals surface area contributed by atoms with Gasteiger partial charge < -0.3 is 19.9 Å². The zero-order valence-corrected chi connectivity index (χ0v) is 14.8. The number of piperazine rings is 1. The predicted octanol–water partition coefficient (Wildman–Crippen LogP) is 3.31. The zero-order chi connectivity index (χ0) is 18.4. The summed E-state index contributed by atoms with van der Waals surface area (Å²) in [4.78, 5) is 16.5. The number of ether oxygens (including phenoxy) is 1. The predicted molar refractivity (Wildman–Crippen MR) is 102 cm³/mol. The van der Waals surface area contributed by atoms with Crippen LogP contribution >= 0.6 is 0 Å². The molecular formula is C20H22N4O2. The molecule has 0 saturated carbocycles. The molecule has 0 atom stereocenters. The van der Waals surface area contributed by atoms with E-state index in [1.807, 2.05) is 60.4 Å². The lowest BCUT2D eigenvalue weighted by Crippen LogP contribution is -2.50. The summed E-state index contributed by atoms with van der Waals surface area (Å²) < 4.78 is 5.40. The number of anilines is 2. The molecule has 0 aromatic heterocycles. The van der Waals surface area contributed by atoms with Crippen molar-refractivity contribution in [1.29, 1.82) is 5.26 Å². The molecule has 1 N–H and O–H groups in total. The van der Waals surface area contributed by atoms with Crippen molar-refractivity contribution >= 4 is 17.4 Å². The Morgan fingerprint density at radius 2 is 1.73 bits per heavy atom. The molecule has 26 heavy (non-hydrogen) atoms. The first-order chi connectivity index (χ1) is 12.7. The highest BCUT2D eigenvalue weighted by Gasteiger charge is 2.21. The summed E-state index contributed by atoms with van der Waals surface area (Å²) in [5, 5.41) is 11.8. The van der Waals surface area contributed by atoms with Gasteiger partial charge in [0.2, 0.25) is 0 Å². The summed E-state index contributed by atoms with van der Waals surface area (Å²) in [5.74, 6) is 0.793. The zero-order valence-electron chi connectivity index (χ0n) is 14.8. The van der Waals surface area contributed by atoms with Crippen LogP contribution in [0.1, 0.15) is 12.5 Å². The molecule has 2 amide bonds. The number of nitrogens with one attached hydrogen (secondary N) is 1. The van der Waals surface area contributed by atoms with E-state index >= 15 is 0 Å². The molecule has 1 fully saturated rings. The molecule has 0 radical (unpaired) electrons. The number of benzene rings is 2. The van der Waals surface area contributed by atoms with E-state index in [0.29, 0.717) is 25.3 Å². The summed E-state index contributed by atoms with van der Waals surface area (Å²) in [7, 11) is 0. The van der Waals surface area contributed by atoms with Crippen LogP contribution in [-0.4, -0.2) is 43.7 Å². The third-order valence-electron chi connectivity index (χ3n) is 4.35. The van der Waals surface area contributed by atoms with Crippen molar-refractivity contribution < 1.29 is 9.53 Å². The van der Waals surface area contributed by atoms with E-state index in [-0.39, 0.29) is 6.03 Å². The smallest absolute Gasteiger partial charge is 0.321 e. The monoisotopic (exact) mass is 350 g/mol. The minimum absolute atomic E-state index is 0.0892. The first-order valence-corrected chi connectivity index (χ1v) is 8.73. The van der Waals surface area contributed by atoms with Crippen molar-refractivity contribution in [3.8, 4) is 11.8 Å². The van der Waals surface area contributed by atoms with Gasteiger partial charge in [0.15, 0.2) is 0 Å². The fourth-order valence-corrected chi connectivity index (χ4v) is 2.92. The van der Waals surface area contributed by atoms with Crippen molar-refractivity contribution in [3.63, 3.8) is 0 Å². The van der Waals surface area contributed by atoms with Gasteiger partial charge in [-0.15, -0.1) is 0 Å². The first-order valence-electron chi connectivity index (χ1n) is 8.73. The largest absolute Gasteiger partial charge is 0.494 e. The van der Waals surface area contributed by atoms with E-state index in [1.165, 1.54) is 0 Å². The third-order valence-corrected chi connectivity index (χ3v) is 4.35. The molecule has 6 nitrogen and oxygen atoms in total. The van der Waals surface area contributed by atoms with Crippen molar-refractivity contribution in [2.45, 2.75) is 6.92 Å². The molecule has 2 aromatic carbocycles. The standard InChI is InChI=1S/C20H22N4O2/c1-2-26-19-9-5-17(6-10-19)22-20(25)24-13-11-23(12-14-24)18-7-3-16(15-21)4-8-18/h3-10H,2,11-14H2,1H3,(H,22,25). The van der Waals surface area contributed by atoms with Crippen LogP contribution in [-0.2, 0) is 0 Å². The van der Waals surface area contributed by atoms with Crippen LogP contribution in [0.3, 0.4) is 0 Å². The number of urea groups is 1. The number of nitrogens with zero attached hydrogens (tertiary/aromatic N) is 3. The highest BCUT2D eigenvalue weighted by Crippen LogP contribution is 2.19. The van der Waals surface area contributed by atoms with Gasteiger partial charge in [-0.3, -0.25) is 0 Å². The van der Waals surface area contributed by atoms with Crippen molar-refractivity contribution in [2.75, 3.05) is 43.0 Å². The van der Waals surface area contributed by atoms with Crippen LogP contribution in [0.5, 0.6) is 5.75 Å². The van der Waals surface area contributed by atoms with Crippen molar-refractivity contribution in [1.82, 2.24) is 4.90 Å². The molecule has 134 valence electrons. The van der Waals surface area contributed by atoms with E-state index in [4.69, 9.17) is 10.00 Å². The Morgan fingerprint density at radius 3 is 2.31 bits per heavy atom. The summed E-state index contributed by atoms with van der Waals surface area (Å²) in [6, 6.07) is 17.0. The Morgan fingerprint density at radius 1 is 1.08 bits per heavy atom. The molecule has 0 unspecified atom stereocenters. The average Bonchev–Trinajstić information content (AvgIpc) is 2.70. The van der Waals surface area contributed by atoms with Crippen LogP contribution in [0.15, 0.2) is 48.5 Å². The van der Waals surface area contributed by atoms with Crippen LogP contribution in [0.4, 0.5) is 16.2 Å². The molecule has 1 heterocycles. The van der Waals surface area contributed by atoms with E-state index in [1.54, 1.807) is 0 Å². The van der Waals surface area contributed by atoms with E-state index < -0.39 is 0 Å². The number of carbonyl (C=O) groups excluding carboxylic acids is 1. The second-order valence-electron chi connectivity index (χ2n) is 6.02. The van der Waals surface area contributed by atoms with E-state index in [0.717, 1.165) is 30.2 Å². The quantitative estimate of drug-likeness (QED) is 0.918. The average molecular weight is 350 g/mol. The highest BCUT2D eigenvalue weighted by molar-refractivity contribution is 5.89. The Bertz CT molecular complexity index is 773. The summed E-state index contributed by atoms with van der Waals surface area (Å²) >= 11 is 0. The number of carbonyl (C=O) groups is 1. The Labute approximate surface area is 153 Å². The van der Waals surface area contributed by atoms with Crippen molar-refractivity contribution in [2.24, 2.45) is 0 Å². The number of nitriles is 1. The first kappa shape index (κ1) is 17.6. The number of amides is 2. The van der Waals surface area contributed by atoms with Gasteiger partial charge in [0, 0.05) is 37.6 Å². The molecule has 0 spiro atoms. The number of hydrogen-bond donors (Lipinski definition) is 1. The molecule has 2 aromatic rings. The minimum atomic E-state index is -0.0892. The van der Waals surface area contributed by atoms with Crippen molar-refractivity contribution in [3.05, 3.63) is 54.1 Å². The van der Waals surface area contributed by atoms with Gasteiger partial charge in [-0.05, 0) is 55.5 Å². The molecule has 1 saturated heterocycles. The maximum Gasteiger partial charge on any atom is 0.321 e. The Balaban J connectivity index is 1.52. The van der Waals surface area contributed by atoms with Crippen LogP contribution < -0.4 is 15.0 Å². The topological polar surface area (TPSA) is 68.6 Å². The number of rotatable bonds is 4. The third kappa shape index (κ3) is 4.25.